The van der Waals surface area contributed by atoms with Crippen molar-refractivity contribution in [3.63, 3.8) is 0 Å². The highest BCUT2D eigenvalue weighted by molar-refractivity contribution is 7.88. The van der Waals surface area contributed by atoms with Crippen molar-refractivity contribution in [2.24, 2.45) is 5.92 Å². The van der Waals surface area contributed by atoms with Gasteiger partial charge in [-0.15, -0.1) is 11.3 Å². The number of likely N-dealkylation sites (tertiary alicyclic amines) is 1. The molecule has 1 aromatic carbocycles. The maximum absolute atomic E-state index is 14.4. The van der Waals surface area contributed by atoms with E-state index in [4.69, 9.17) is 0 Å². The summed E-state index contributed by atoms with van der Waals surface area (Å²) in [6, 6.07) is 5.50. The van der Waals surface area contributed by atoms with Gasteiger partial charge in [-0.2, -0.15) is 0 Å². The Balaban J connectivity index is 1.48. The number of nitrogens with zero attached hydrogens (tertiary/aromatic N) is 1. The highest BCUT2D eigenvalue weighted by Gasteiger charge is 2.48. The second kappa shape index (κ2) is 8.60. The smallest absolute Gasteiger partial charge is 0.226 e. The number of halogens is 2. The van der Waals surface area contributed by atoms with Crippen LogP contribution < -0.4 is 4.72 Å². The molecule has 9 heteroatoms. The summed E-state index contributed by atoms with van der Waals surface area (Å²) in [6.07, 6.45) is 3.84. The molecule has 1 N–H and O–H groups in total. The van der Waals surface area contributed by atoms with E-state index in [2.05, 4.69) is 4.72 Å². The van der Waals surface area contributed by atoms with Crippen molar-refractivity contribution < 1.29 is 22.0 Å². The average molecular weight is 469 g/mol. The van der Waals surface area contributed by atoms with Crippen LogP contribution in [0.5, 0.6) is 0 Å². The molecule has 3 atom stereocenters. The average Bonchev–Trinajstić information content (AvgIpc) is 3.42. The van der Waals surface area contributed by atoms with Crippen LogP contribution in [0.25, 0.3) is 11.1 Å². The predicted molar refractivity (Wildman–Crippen MR) is 117 cm³/mol. The molecule has 168 valence electrons. The van der Waals surface area contributed by atoms with E-state index in [-0.39, 0.29) is 29.3 Å². The number of nitrogens with one attached hydrogen (secondary N) is 1. The summed E-state index contributed by atoms with van der Waals surface area (Å²) in [5, 5.41) is 0. The number of sulfonamides is 1. The van der Waals surface area contributed by atoms with Gasteiger partial charge in [0.05, 0.1) is 11.8 Å². The maximum Gasteiger partial charge on any atom is 0.226 e. The molecule has 2 heterocycles. The van der Waals surface area contributed by atoms with Gasteiger partial charge >= 0.3 is 0 Å². The number of hydrogen-bond donors (Lipinski definition) is 1. The Kier molecular flexibility index (Phi) is 6.20. The van der Waals surface area contributed by atoms with Gasteiger partial charge in [0.2, 0.25) is 15.9 Å². The first-order chi connectivity index (χ1) is 14.6. The van der Waals surface area contributed by atoms with Gasteiger partial charge < -0.3 is 4.90 Å². The van der Waals surface area contributed by atoms with Crippen LogP contribution >= 0.6 is 11.3 Å². The van der Waals surface area contributed by atoms with E-state index in [1.165, 1.54) is 29.5 Å². The lowest BCUT2D eigenvalue weighted by molar-refractivity contribution is -0.132. The Morgan fingerprint density at radius 3 is 2.58 bits per heavy atom. The van der Waals surface area contributed by atoms with Crippen molar-refractivity contribution >= 4 is 27.3 Å². The van der Waals surface area contributed by atoms with Crippen LogP contribution in [0.2, 0.25) is 0 Å². The third-order valence-corrected chi connectivity index (χ3v) is 7.92. The summed E-state index contributed by atoms with van der Waals surface area (Å²) in [5.41, 5.74) is 0.524. The zero-order chi connectivity index (χ0) is 22.3. The second-order valence-corrected chi connectivity index (χ2v) is 11.6. The lowest BCUT2D eigenvalue weighted by Crippen LogP contribution is -2.36. The van der Waals surface area contributed by atoms with E-state index in [1.807, 2.05) is 11.8 Å². The minimum absolute atomic E-state index is 0.0237. The first-order valence-electron chi connectivity index (χ1n) is 10.4. The molecule has 1 amide bonds. The molecule has 0 radical (unpaired) electrons. The molecular weight excluding hydrogens is 442 g/mol. The monoisotopic (exact) mass is 468 g/mol. The Labute approximate surface area is 185 Å². The fourth-order valence-corrected chi connectivity index (χ4v) is 6.54. The van der Waals surface area contributed by atoms with Crippen LogP contribution in [0.1, 0.15) is 41.4 Å². The summed E-state index contributed by atoms with van der Waals surface area (Å²) in [6.45, 7) is 3.01. The van der Waals surface area contributed by atoms with Gasteiger partial charge in [-0.3, -0.25) is 4.79 Å². The molecule has 2 aromatic rings. The number of benzene rings is 1. The van der Waals surface area contributed by atoms with Crippen LogP contribution in [0, 0.1) is 24.5 Å². The molecule has 2 fully saturated rings. The molecule has 4 rings (SSSR count). The highest BCUT2D eigenvalue weighted by Crippen LogP contribution is 2.54. The molecule has 5 nitrogen and oxygen atoms in total. The Morgan fingerprint density at radius 1 is 1.19 bits per heavy atom. The number of aryl methyl sites for hydroxylation is 1. The first-order valence-corrected chi connectivity index (χ1v) is 13.2. The summed E-state index contributed by atoms with van der Waals surface area (Å²) < 4.78 is 54.4. The van der Waals surface area contributed by atoms with Gasteiger partial charge in [-0.25, -0.2) is 21.9 Å². The van der Waals surface area contributed by atoms with Gasteiger partial charge in [-0.1, -0.05) is 6.07 Å². The standard InChI is InChI=1S/C22H26F2N2O3S2/c1-13-11-17(20-18(23)6-3-7-19(20)24)21(30-13)15-12-16(15)22(27)26-9-4-5-14(8-10-26)25-31(2,28)29/h3,6-7,11,14-16,25H,4-5,8-10,12H2,1-2H3. The summed E-state index contributed by atoms with van der Waals surface area (Å²) in [5.74, 6) is -1.37. The van der Waals surface area contributed by atoms with Crippen LogP contribution in [0.15, 0.2) is 24.3 Å². The van der Waals surface area contributed by atoms with E-state index >= 15 is 0 Å². The van der Waals surface area contributed by atoms with E-state index in [0.717, 1.165) is 22.4 Å². The number of carbonyl (C=O) groups is 1. The number of thiophene rings is 1. The lowest BCUT2D eigenvalue weighted by atomic mass is 10.0. The molecule has 3 unspecified atom stereocenters. The van der Waals surface area contributed by atoms with Crippen LogP contribution in [0.4, 0.5) is 8.78 Å². The van der Waals surface area contributed by atoms with Crippen molar-refractivity contribution in [1.29, 1.82) is 0 Å². The van der Waals surface area contributed by atoms with E-state index in [9.17, 15) is 22.0 Å². The molecule has 1 aromatic heterocycles. The number of amides is 1. The third kappa shape index (κ3) is 4.99. The van der Waals surface area contributed by atoms with Gasteiger partial charge in [0.15, 0.2) is 0 Å². The topological polar surface area (TPSA) is 66.5 Å². The molecule has 1 aliphatic heterocycles. The minimum Gasteiger partial charge on any atom is -0.342 e. The second-order valence-electron chi connectivity index (χ2n) is 8.52. The van der Waals surface area contributed by atoms with Crippen molar-refractivity contribution in [3.05, 3.63) is 45.7 Å². The summed E-state index contributed by atoms with van der Waals surface area (Å²) >= 11 is 1.50. The first kappa shape index (κ1) is 22.4. The number of hydrogen-bond acceptors (Lipinski definition) is 4. The van der Waals surface area contributed by atoms with E-state index < -0.39 is 21.7 Å². The largest absolute Gasteiger partial charge is 0.342 e. The van der Waals surface area contributed by atoms with E-state index in [0.29, 0.717) is 37.9 Å². The fourth-order valence-electron chi connectivity index (χ4n) is 4.49. The normalized spacial score (nSPS) is 24.1. The third-order valence-electron chi connectivity index (χ3n) is 5.98. The van der Waals surface area contributed by atoms with Gasteiger partial charge in [0.25, 0.3) is 0 Å². The van der Waals surface area contributed by atoms with Gasteiger partial charge in [0.1, 0.15) is 11.6 Å². The zero-order valence-corrected chi connectivity index (χ0v) is 19.2. The molecule has 1 saturated heterocycles. The van der Waals surface area contributed by atoms with Crippen LogP contribution in [-0.2, 0) is 14.8 Å². The van der Waals surface area contributed by atoms with Gasteiger partial charge in [0, 0.05) is 46.3 Å². The van der Waals surface area contributed by atoms with Gasteiger partial charge in [-0.05, 0) is 50.8 Å². The Hall–Kier alpha value is -1.84. The summed E-state index contributed by atoms with van der Waals surface area (Å²) in [7, 11) is -3.28. The molecule has 1 aliphatic carbocycles. The fraction of sp³-hybridized carbons (Fsp3) is 0.500. The quantitative estimate of drug-likeness (QED) is 0.720. The summed E-state index contributed by atoms with van der Waals surface area (Å²) in [4.78, 5) is 16.8. The maximum atomic E-state index is 14.4. The number of carbonyl (C=O) groups excluding carboxylic acids is 1. The molecule has 31 heavy (non-hydrogen) atoms. The Bertz CT molecular complexity index is 1080. The molecule has 1 saturated carbocycles. The van der Waals surface area contributed by atoms with E-state index in [1.54, 1.807) is 6.07 Å². The molecule has 0 bridgehead atoms. The highest BCUT2D eigenvalue weighted by atomic mass is 32.2. The number of rotatable bonds is 5. The molecule has 0 spiro atoms. The van der Waals surface area contributed by atoms with Crippen molar-refractivity contribution in [3.8, 4) is 11.1 Å². The lowest BCUT2D eigenvalue weighted by Gasteiger charge is -2.21. The molecule has 2 aliphatic rings. The zero-order valence-electron chi connectivity index (χ0n) is 17.5. The van der Waals surface area contributed by atoms with Crippen LogP contribution in [-0.4, -0.2) is 44.6 Å². The SMILES string of the molecule is Cc1cc(-c2c(F)cccc2F)c(C2CC2C(=O)N2CCCC(NS(C)(=O)=O)CC2)s1. The molecular formula is C22H26F2N2O3S2. The predicted octanol–water partition coefficient (Wildman–Crippen LogP) is 4.04. The van der Waals surface area contributed by atoms with Crippen molar-refractivity contribution in [2.45, 2.75) is 44.6 Å². The van der Waals surface area contributed by atoms with Crippen LogP contribution in [0.3, 0.4) is 0 Å². The Morgan fingerprint density at radius 2 is 1.90 bits per heavy atom. The minimum atomic E-state index is -3.28. The van der Waals surface area contributed by atoms with Crippen molar-refractivity contribution in [1.82, 2.24) is 9.62 Å². The van der Waals surface area contributed by atoms with Crippen molar-refractivity contribution in [2.75, 3.05) is 19.3 Å².